The molecule has 0 bridgehead atoms. The minimum absolute atomic E-state index is 0.0879. The van der Waals surface area contributed by atoms with Gasteiger partial charge in [-0.15, -0.1) is 0 Å². The Hall–Kier alpha value is -0.860. The predicted octanol–water partition coefficient (Wildman–Crippen LogP) is 3.38. The van der Waals surface area contributed by atoms with E-state index in [2.05, 4.69) is 31.2 Å². The van der Waals surface area contributed by atoms with Gasteiger partial charge >= 0.3 is 0 Å². The number of methoxy groups -OCH3 is 1. The molecular weight excluding hydrogens is 210 g/mol. The van der Waals surface area contributed by atoms with Crippen molar-refractivity contribution in [2.45, 2.75) is 50.7 Å². The molecule has 94 valence electrons. The molecule has 0 amide bonds. The minimum atomic E-state index is 0.0879. The lowest BCUT2D eigenvalue weighted by Gasteiger charge is -2.27. The molecule has 2 unspecified atom stereocenters. The summed E-state index contributed by atoms with van der Waals surface area (Å²) in [5.41, 5.74) is 8.94. The lowest BCUT2D eigenvalue weighted by atomic mass is 9.79. The van der Waals surface area contributed by atoms with E-state index in [1.807, 2.05) is 0 Å². The Labute approximate surface area is 104 Å². The molecule has 2 atom stereocenters. The van der Waals surface area contributed by atoms with Crippen molar-refractivity contribution >= 4 is 0 Å². The van der Waals surface area contributed by atoms with Gasteiger partial charge in [0.05, 0.1) is 6.10 Å². The van der Waals surface area contributed by atoms with Gasteiger partial charge in [0, 0.05) is 13.2 Å². The van der Waals surface area contributed by atoms with Crippen molar-refractivity contribution in [2.75, 3.05) is 7.11 Å². The van der Waals surface area contributed by atoms with Crippen LogP contribution in [0.3, 0.4) is 0 Å². The zero-order chi connectivity index (χ0) is 12.3. The Kier molecular flexibility index (Phi) is 4.19. The quantitative estimate of drug-likeness (QED) is 0.846. The Morgan fingerprint density at radius 3 is 2.76 bits per heavy atom. The first-order valence-corrected chi connectivity index (χ1v) is 6.59. The molecule has 0 spiro atoms. The van der Waals surface area contributed by atoms with Crippen LogP contribution < -0.4 is 5.73 Å². The van der Waals surface area contributed by atoms with Crippen LogP contribution >= 0.6 is 0 Å². The number of hydrogen-bond donors (Lipinski definition) is 1. The maximum Gasteiger partial charge on any atom is 0.0561 e. The Morgan fingerprint density at radius 1 is 1.41 bits per heavy atom. The molecule has 2 nitrogen and oxygen atoms in total. The summed E-state index contributed by atoms with van der Waals surface area (Å²) in [6.07, 6.45) is 5.16. The molecule has 1 aliphatic rings. The summed E-state index contributed by atoms with van der Waals surface area (Å²) in [6, 6.07) is 8.89. The van der Waals surface area contributed by atoms with Crippen molar-refractivity contribution in [3.05, 3.63) is 35.4 Å². The van der Waals surface area contributed by atoms with Crippen molar-refractivity contribution in [3.63, 3.8) is 0 Å². The maximum absolute atomic E-state index is 6.22. The molecule has 0 heterocycles. The van der Waals surface area contributed by atoms with Crippen molar-refractivity contribution in [1.29, 1.82) is 0 Å². The van der Waals surface area contributed by atoms with Crippen LogP contribution in [0.1, 0.15) is 55.7 Å². The van der Waals surface area contributed by atoms with Crippen LogP contribution in [0, 0.1) is 0 Å². The van der Waals surface area contributed by atoms with Crippen molar-refractivity contribution in [3.8, 4) is 0 Å². The molecule has 1 aromatic rings. The molecule has 0 saturated heterocycles. The van der Waals surface area contributed by atoms with Gasteiger partial charge in [0.2, 0.25) is 0 Å². The van der Waals surface area contributed by atoms with E-state index in [9.17, 15) is 0 Å². The van der Waals surface area contributed by atoms with Crippen LogP contribution in [0.25, 0.3) is 0 Å². The second-order valence-electron chi connectivity index (χ2n) is 5.19. The van der Waals surface area contributed by atoms with Gasteiger partial charge in [-0.05, 0) is 43.2 Å². The average Bonchev–Trinajstić information content (AvgIpc) is 2.27. The van der Waals surface area contributed by atoms with Gasteiger partial charge in [0.15, 0.2) is 0 Å². The summed E-state index contributed by atoms with van der Waals surface area (Å²) >= 11 is 0. The molecule has 1 aromatic carbocycles. The topological polar surface area (TPSA) is 35.2 Å². The van der Waals surface area contributed by atoms with Gasteiger partial charge in [-0.2, -0.15) is 0 Å². The van der Waals surface area contributed by atoms with Crippen molar-refractivity contribution in [1.82, 2.24) is 0 Å². The summed E-state index contributed by atoms with van der Waals surface area (Å²) in [5.74, 6) is 0.780. The van der Waals surface area contributed by atoms with Crippen LogP contribution in [0.2, 0.25) is 0 Å². The highest BCUT2D eigenvalue weighted by molar-refractivity contribution is 5.29. The normalized spacial score (nSPS) is 19.7. The molecule has 1 fully saturated rings. The lowest BCUT2D eigenvalue weighted by molar-refractivity contribution is 0.104. The first-order valence-electron chi connectivity index (χ1n) is 6.59. The third-order valence-corrected chi connectivity index (χ3v) is 3.90. The third kappa shape index (κ3) is 3.08. The Balaban J connectivity index is 2.04. The SMILES string of the molecule is COC(C)CC(N)c1cccc(C2CCC2)c1. The molecule has 1 saturated carbocycles. The molecule has 0 aromatic heterocycles. The van der Waals surface area contributed by atoms with E-state index >= 15 is 0 Å². The van der Waals surface area contributed by atoms with Gasteiger partial charge in [-0.3, -0.25) is 0 Å². The van der Waals surface area contributed by atoms with Crippen LogP contribution in [0.15, 0.2) is 24.3 Å². The van der Waals surface area contributed by atoms with Gasteiger partial charge in [0.1, 0.15) is 0 Å². The van der Waals surface area contributed by atoms with Crippen molar-refractivity contribution in [2.24, 2.45) is 5.73 Å². The van der Waals surface area contributed by atoms with E-state index in [4.69, 9.17) is 10.5 Å². The highest BCUT2D eigenvalue weighted by Gasteiger charge is 2.20. The number of rotatable bonds is 5. The number of hydrogen-bond acceptors (Lipinski definition) is 2. The third-order valence-electron chi connectivity index (χ3n) is 3.90. The van der Waals surface area contributed by atoms with E-state index in [0.29, 0.717) is 0 Å². The van der Waals surface area contributed by atoms with E-state index in [0.717, 1.165) is 12.3 Å². The number of nitrogens with two attached hydrogens (primary N) is 1. The highest BCUT2D eigenvalue weighted by atomic mass is 16.5. The smallest absolute Gasteiger partial charge is 0.0561 e. The highest BCUT2D eigenvalue weighted by Crippen LogP contribution is 2.37. The second kappa shape index (κ2) is 5.65. The second-order valence-corrected chi connectivity index (χ2v) is 5.19. The zero-order valence-corrected chi connectivity index (χ0v) is 10.9. The summed E-state index contributed by atoms with van der Waals surface area (Å²) in [6.45, 7) is 2.07. The summed E-state index contributed by atoms with van der Waals surface area (Å²) in [7, 11) is 1.74. The average molecular weight is 233 g/mol. The largest absolute Gasteiger partial charge is 0.382 e. The first-order chi connectivity index (χ1) is 8.20. The Bertz CT molecular complexity index is 360. The standard InChI is InChI=1S/C15H23NO/c1-11(17-2)9-15(16)14-8-4-7-13(10-14)12-5-3-6-12/h4,7-8,10-12,15H,3,5-6,9,16H2,1-2H3. The summed E-state index contributed by atoms with van der Waals surface area (Å²) in [4.78, 5) is 0. The zero-order valence-electron chi connectivity index (χ0n) is 10.9. The molecular formula is C15H23NO. The van der Waals surface area contributed by atoms with E-state index in [1.165, 1.54) is 30.4 Å². The van der Waals surface area contributed by atoms with Gasteiger partial charge in [-0.25, -0.2) is 0 Å². The maximum atomic E-state index is 6.22. The molecule has 0 radical (unpaired) electrons. The summed E-state index contributed by atoms with van der Waals surface area (Å²) in [5, 5.41) is 0. The van der Waals surface area contributed by atoms with Gasteiger partial charge in [0.25, 0.3) is 0 Å². The number of ether oxygens (including phenoxy) is 1. The summed E-state index contributed by atoms with van der Waals surface area (Å²) < 4.78 is 5.27. The Morgan fingerprint density at radius 2 is 2.18 bits per heavy atom. The van der Waals surface area contributed by atoms with Crippen LogP contribution in [0.5, 0.6) is 0 Å². The number of benzene rings is 1. The molecule has 1 aliphatic carbocycles. The fourth-order valence-corrected chi connectivity index (χ4v) is 2.38. The van der Waals surface area contributed by atoms with E-state index in [1.54, 1.807) is 7.11 Å². The molecule has 2 heteroatoms. The van der Waals surface area contributed by atoms with Crippen LogP contribution in [0.4, 0.5) is 0 Å². The van der Waals surface area contributed by atoms with Gasteiger partial charge < -0.3 is 10.5 Å². The fraction of sp³-hybridized carbons (Fsp3) is 0.600. The van der Waals surface area contributed by atoms with Gasteiger partial charge in [-0.1, -0.05) is 30.7 Å². The van der Waals surface area contributed by atoms with E-state index in [-0.39, 0.29) is 12.1 Å². The first kappa shape index (κ1) is 12.6. The monoisotopic (exact) mass is 233 g/mol. The van der Waals surface area contributed by atoms with Crippen LogP contribution in [-0.2, 0) is 4.74 Å². The fourth-order valence-electron chi connectivity index (χ4n) is 2.38. The molecule has 17 heavy (non-hydrogen) atoms. The molecule has 0 aliphatic heterocycles. The lowest BCUT2D eigenvalue weighted by Crippen LogP contribution is -2.18. The van der Waals surface area contributed by atoms with Crippen molar-refractivity contribution < 1.29 is 4.74 Å². The minimum Gasteiger partial charge on any atom is -0.382 e. The van der Waals surface area contributed by atoms with Crippen LogP contribution in [-0.4, -0.2) is 13.2 Å². The van der Waals surface area contributed by atoms with E-state index < -0.39 is 0 Å². The molecule has 2 rings (SSSR count). The molecule has 2 N–H and O–H groups in total. The predicted molar refractivity (Wildman–Crippen MR) is 71.1 cm³/mol.